The summed E-state index contributed by atoms with van der Waals surface area (Å²) in [4.78, 5) is 16.3. The number of nitrogens with one attached hydrogen (secondary N) is 1. The Morgan fingerprint density at radius 3 is 2.64 bits per heavy atom. The number of thioether (sulfide) groups is 1. The summed E-state index contributed by atoms with van der Waals surface area (Å²) in [7, 11) is 0. The second-order valence-corrected chi connectivity index (χ2v) is 7.64. The van der Waals surface area contributed by atoms with Crippen LogP contribution in [0.5, 0.6) is 0 Å². The van der Waals surface area contributed by atoms with E-state index >= 15 is 0 Å². The number of likely N-dealkylation sites (tertiary alicyclic amines) is 1. The zero-order chi connectivity index (χ0) is 17.5. The Morgan fingerprint density at radius 2 is 1.92 bits per heavy atom. The normalized spacial score (nSPS) is 17.6. The third-order valence-corrected chi connectivity index (χ3v) is 5.71. The van der Waals surface area contributed by atoms with Crippen LogP contribution in [-0.4, -0.2) is 29.1 Å². The lowest BCUT2D eigenvalue weighted by Gasteiger charge is -2.23. The van der Waals surface area contributed by atoms with Crippen LogP contribution in [0, 0.1) is 0 Å². The molecule has 2 aromatic rings. The van der Waals surface area contributed by atoms with E-state index in [4.69, 9.17) is 0 Å². The summed E-state index contributed by atoms with van der Waals surface area (Å²) in [6.45, 7) is 4.01. The Morgan fingerprint density at radius 1 is 1.16 bits per heavy atom. The van der Waals surface area contributed by atoms with Gasteiger partial charge in [0.05, 0.1) is 6.04 Å². The van der Waals surface area contributed by atoms with Gasteiger partial charge in [-0.1, -0.05) is 37.3 Å². The SMILES string of the molecule is CCCSc1ccc(NC(=O)[C@@H]2CCCN2Cc2ccccc2)cc1. The summed E-state index contributed by atoms with van der Waals surface area (Å²) in [6, 6.07) is 18.5. The number of carbonyl (C=O) groups excluding carboxylic acids is 1. The molecular formula is C21H26N2OS. The zero-order valence-corrected chi connectivity index (χ0v) is 15.6. The van der Waals surface area contributed by atoms with Gasteiger partial charge in [-0.15, -0.1) is 11.8 Å². The zero-order valence-electron chi connectivity index (χ0n) is 14.8. The minimum Gasteiger partial charge on any atom is -0.325 e. The lowest BCUT2D eigenvalue weighted by Crippen LogP contribution is -2.39. The van der Waals surface area contributed by atoms with Crippen LogP contribution in [0.15, 0.2) is 59.5 Å². The molecule has 1 aliphatic heterocycles. The summed E-state index contributed by atoms with van der Waals surface area (Å²) in [5.74, 6) is 1.24. The van der Waals surface area contributed by atoms with Crippen molar-refractivity contribution in [3.63, 3.8) is 0 Å². The first-order chi connectivity index (χ1) is 12.3. The molecule has 1 aliphatic rings. The maximum Gasteiger partial charge on any atom is 0.241 e. The van der Waals surface area contributed by atoms with Gasteiger partial charge in [-0.2, -0.15) is 0 Å². The van der Waals surface area contributed by atoms with Crippen molar-refractivity contribution in [2.24, 2.45) is 0 Å². The summed E-state index contributed by atoms with van der Waals surface area (Å²) in [5, 5.41) is 3.09. The number of hydrogen-bond acceptors (Lipinski definition) is 3. The van der Waals surface area contributed by atoms with Gasteiger partial charge >= 0.3 is 0 Å². The fourth-order valence-corrected chi connectivity index (χ4v) is 3.98. The maximum absolute atomic E-state index is 12.7. The first-order valence-corrected chi connectivity index (χ1v) is 10.1. The van der Waals surface area contributed by atoms with Crippen molar-refractivity contribution in [3.05, 3.63) is 60.2 Å². The highest BCUT2D eigenvalue weighted by Crippen LogP contribution is 2.23. The average molecular weight is 355 g/mol. The molecule has 0 radical (unpaired) electrons. The number of rotatable bonds is 7. The van der Waals surface area contributed by atoms with E-state index in [0.29, 0.717) is 0 Å². The van der Waals surface area contributed by atoms with Gasteiger partial charge in [-0.05, 0) is 61.4 Å². The molecule has 1 fully saturated rings. The molecule has 4 heteroatoms. The predicted molar refractivity (Wildman–Crippen MR) is 106 cm³/mol. The standard InChI is InChI=1S/C21H26N2OS/c1-2-15-25-19-12-10-18(11-13-19)22-21(24)20-9-6-14-23(20)16-17-7-4-3-5-8-17/h3-5,7-8,10-13,20H,2,6,9,14-16H2,1H3,(H,22,24)/t20-/m0/s1. The molecule has 0 aromatic heterocycles. The monoisotopic (exact) mass is 354 g/mol. The fourth-order valence-electron chi connectivity index (χ4n) is 3.21. The Labute approximate surface area is 154 Å². The molecule has 0 spiro atoms. The summed E-state index contributed by atoms with van der Waals surface area (Å²) < 4.78 is 0. The quantitative estimate of drug-likeness (QED) is 0.726. The Bertz CT molecular complexity index is 672. The maximum atomic E-state index is 12.7. The van der Waals surface area contributed by atoms with Gasteiger partial charge in [0.15, 0.2) is 0 Å². The average Bonchev–Trinajstić information content (AvgIpc) is 3.10. The van der Waals surface area contributed by atoms with Crippen molar-refractivity contribution < 1.29 is 4.79 Å². The molecule has 132 valence electrons. The third-order valence-electron chi connectivity index (χ3n) is 4.49. The molecule has 1 saturated heterocycles. The minimum atomic E-state index is -0.0330. The molecule has 3 nitrogen and oxygen atoms in total. The van der Waals surface area contributed by atoms with Crippen LogP contribution in [0.3, 0.4) is 0 Å². The van der Waals surface area contributed by atoms with Crippen molar-refractivity contribution in [1.29, 1.82) is 0 Å². The number of nitrogens with zero attached hydrogens (tertiary/aromatic N) is 1. The topological polar surface area (TPSA) is 32.3 Å². The van der Waals surface area contributed by atoms with E-state index in [1.165, 1.54) is 16.9 Å². The molecular weight excluding hydrogens is 328 g/mol. The Hall–Kier alpha value is -1.78. The fraction of sp³-hybridized carbons (Fsp3) is 0.381. The van der Waals surface area contributed by atoms with E-state index in [9.17, 15) is 4.79 Å². The summed E-state index contributed by atoms with van der Waals surface area (Å²) in [6.07, 6.45) is 3.18. The lowest BCUT2D eigenvalue weighted by atomic mass is 10.1. The van der Waals surface area contributed by atoms with E-state index in [1.54, 1.807) is 0 Å². The first kappa shape index (κ1) is 18.0. The molecule has 1 amide bonds. The molecule has 0 aliphatic carbocycles. The lowest BCUT2D eigenvalue weighted by molar-refractivity contribution is -0.120. The Kier molecular flexibility index (Phi) is 6.54. The molecule has 0 bridgehead atoms. The van der Waals surface area contributed by atoms with E-state index in [1.807, 2.05) is 30.0 Å². The van der Waals surface area contributed by atoms with Crippen LogP contribution in [-0.2, 0) is 11.3 Å². The van der Waals surface area contributed by atoms with Gasteiger partial charge < -0.3 is 5.32 Å². The number of benzene rings is 2. The van der Waals surface area contributed by atoms with Crippen LogP contribution in [0.1, 0.15) is 31.7 Å². The Balaban J connectivity index is 1.58. The number of carbonyl (C=O) groups is 1. The van der Waals surface area contributed by atoms with Crippen LogP contribution in [0.25, 0.3) is 0 Å². The largest absolute Gasteiger partial charge is 0.325 e. The van der Waals surface area contributed by atoms with Gasteiger partial charge in [0.1, 0.15) is 0 Å². The first-order valence-electron chi connectivity index (χ1n) is 9.08. The van der Waals surface area contributed by atoms with Crippen LogP contribution in [0.2, 0.25) is 0 Å². The van der Waals surface area contributed by atoms with E-state index in [0.717, 1.165) is 37.4 Å². The highest BCUT2D eigenvalue weighted by atomic mass is 32.2. The smallest absolute Gasteiger partial charge is 0.241 e. The number of amides is 1. The second-order valence-electron chi connectivity index (χ2n) is 6.48. The molecule has 0 unspecified atom stereocenters. The molecule has 2 aromatic carbocycles. The van der Waals surface area contributed by atoms with Gasteiger partial charge in [0.25, 0.3) is 0 Å². The van der Waals surface area contributed by atoms with E-state index in [2.05, 4.69) is 53.5 Å². The van der Waals surface area contributed by atoms with E-state index < -0.39 is 0 Å². The number of hydrogen-bond donors (Lipinski definition) is 1. The van der Waals surface area contributed by atoms with Crippen LogP contribution < -0.4 is 5.32 Å². The van der Waals surface area contributed by atoms with Crippen LogP contribution in [0.4, 0.5) is 5.69 Å². The summed E-state index contributed by atoms with van der Waals surface area (Å²) >= 11 is 1.85. The van der Waals surface area contributed by atoms with E-state index in [-0.39, 0.29) is 11.9 Å². The van der Waals surface area contributed by atoms with Crippen LogP contribution >= 0.6 is 11.8 Å². The van der Waals surface area contributed by atoms with Crippen molar-refractivity contribution in [2.75, 3.05) is 17.6 Å². The molecule has 25 heavy (non-hydrogen) atoms. The second kappa shape index (κ2) is 9.07. The highest BCUT2D eigenvalue weighted by Gasteiger charge is 2.30. The van der Waals surface area contributed by atoms with Crippen molar-refractivity contribution >= 4 is 23.4 Å². The highest BCUT2D eigenvalue weighted by molar-refractivity contribution is 7.99. The third kappa shape index (κ3) is 5.10. The predicted octanol–water partition coefficient (Wildman–Crippen LogP) is 4.79. The van der Waals surface area contributed by atoms with Crippen molar-refractivity contribution in [3.8, 4) is 0 Å². The van der Waals surface area contributed by atoms with Gasteiger partial charge in [0.2, 0.25) is 5.91 Å². The molecule has 3 rings (SSSR count). The van der Waals surface area contributed by atoms with Crippen molar-refractivity contribution in [2.45, 2.75) is 43.7 Å². The summed E-state index contributed by atoms with van der Waals surface area (Å²) in [5.41, 5.74) is 2.15. The van der Waals surface area contributed by atoms with Gasteiger partial charge in [-0.3, -0.25) is 9.69 Å². The molecule has 1 atom stereocenters. The molecule has 1 heterocycles. The molecule has 0 saturated carbocycles. The number of anilines is 1. The van der Waals surface area contributed by atoms with Gasteiger partial charge in [-0.25, -0.2) is 0 Å². The van der Waals surface area contributed by atoms with Crippen molar-refractivity contribution in [1.82, 2.24) is 4.90 Å². The van der Waals surface area contributed by atoms with Gasteiger partial charge in [0, 0.05) is 17.1 Å². The minimum absolute atomic E-state index is 0.0330. The molecule has 1 N–H and O–H groups in total.